The van der Waals surface area contributed by atoms with E-state index < -0.39 is 0 Å². The number of aliphatic hydroxyl groups is 1. The summed E-state index contributed by atoms with van der Waals surface area (Å²) in [7, 11) is 0. The Bertz CT molecular complexity index is 561. The van der Waals surface area contributed by atoms with Gasteiger partial charge in [-0.3, -0.25) is 4.98 Å². The van der Waals surface area contributed by atoms with Gasteiger partial charge < -0.3 is 5.11 Å². The first-order valence-electron chi connectivity index (χ1n) is 7.24. The molecule has 1 aromatic heterocycles. The number of benzene rings is 1. The van der Waals surface area contributed by atoms with Crippen LogP contribution in [0.25, 0.3) is 10.9 Å². The summed E-state index contributed by atoms with van der Waals surface area (Å²) in [4.78, 5) is 4.38. The van der Waals surface area contributed by atoms with Crippen LogP contribution in [0.4, 0.5) is 0 Å². The van der Waals surface area contributed by atoms with Crippen molar-refractivity contribution in [2.75, 3.05) is 0 Å². The zero-order chi connectivity index (χ0) is 13.2. The topological polar surface area (TPSA) is 33.1 Å². The molecule has 0 bridgehead atoms. The van der Waals surface area contributed by atoms with E-state index in [1.807, 2.05) is 30.5 Å². The van der Waals surface area contributed by atoms with Crippen molar-refractivity contribution in [1.82, 2.24) is 4.98 Å². The third-order valence-electron chi connectivity index (χ3n) is 4.45. The molecule has 1 saturated carbocycles. The third-order valence-corrected chi connectivity index (χ3v) is 4.45. The molecule has 2 aromatic rings. The Morgan fingerprint density at radius 3 is 2.89 bits per heavy atom. The molecule has 3 unspecified atom stereocenters. The number of nitrogens with zero attached hydrogens (tertiary/aromatic N) is 1. The lowest BCUT2D eigenvalue weighted by Gasteiger charge is -2.18. The summed E-state index contributed by atoms with van der Waals surface area (Å²) in [6.45, 7) is 2.29. The van der Waals surface area contributed by atoms with Crippen molar-refractivity contribution >= 4 is 10.9 Å². The van der Waals surface area contributed by atoms with E-state index >= 15 is 0 Å². The maximum Gasteiger partial charge on any atom is 0.0704 e. The Balaban J connectivity index is 1.81. The highest BCUT2D eigenvalue weighted by Gasteiger charge is 2.27. The van der Waals surface area contributed by atoms with Crippen molar-refractivity contribution < 1.29 is 5.11 Å². The molecular formula is C17H21NO. The second-order valence-corrected chi connectivity index (χ2v) is 5.94. The molecule has 0 amide bonds. The summed E-state index contributed by atoms with van der Waals surface area (Å²) in [5.74, 6) is 1.25. The Kier molecular flexibility index (Phi) is 3.52. The van der Waals surface area contributed by atoms with E-state index in [0.29, 0.717) is 5.92 Å². The van der Waals surface area contributed by atoms with Crippen LogP contribution in [0.1, 0.15) is 31.7 Å². The van der Waals surface area contributed by atoms with E-state index in [9.17, 15) is 5.11 Å². The van der Waals surface area contributed by atoms with Crippen molar-refractivity contribution in [2.24, 2.45) is 11.8 Å². The fourth-order valence-electron chi connectivity index (χ4n) is 3.33. The Morgan fingerprint density at radius 1 is 1.26 bits per heavy atom. The minimum absolute atomic E-state index is 0.212. The lowest BCUT2D eigenvalue weighted by molar-refractivity contribution is 0.109. The molecule has 1 aromatic carbocycles. The molecule has 1 aliphatic carbocycles. The molecule has 1 aliphatic rings. The van der Waals surface area contributed by atoms with E-state index in [-0.39, 0.29) is 6.10 Å². The van der Waals surface area contributed by atoms with E-state index in [2.05, 4.69) is 18.0 Å². The van der Waals surface area contributed by atoms with E-state index in [0.717, 1.165) is 17.9 Å². The summed E-state index contributed by atoms with van der Waals surface area (Å²) in [6, 6.07) is 10.2. The van der Waals surface area contributed by atoms with Gasteiger partial charge in [-0.15, -0.1) is 0 Å². The average Bonchev–Trinajstić information content (AvgIpc) is 2.86. The highest BCUT2D eigenvalue weighted by molar-refractivity contribution is 5.81. The SMILES string of the molecule is CC1CCC(C(O)Cc2ccnc3ccccc23)C1. The fraction of sp³-hybridized carbons (Fsp3) is 0.471. The molecule has 3 rings (SSSR count). The van der Waals surface area contributed by atoms with Crippen LogP contribution in [0.2, 0.25) is 0 Å². The number of aliphatic hydroxyl groups excluding tert-OH is 1. The number of fused-ring (bicyclic) bond motifs is 1. The maximum absolute atomic E-state index is 10.5. The molecule has 1 heterocycles. The lowest BCUT2D eigenvalue weighted by Crippen LogP contribution is -2.20. The van der Waals surface area contributed by atoms with Crippen LogP contribution in [-0.2, 0) is 6.42 Å². The average molecular weight is 255 g/mol. The molecule has 0 spiro atoms. The van der Waals surface area contributed by atoms with E-state index in [1.165, 1.54) is 30.2 Å². The van der Waals surface area contributed by atoms with Crippen LogP contribution < -0.4 is 0 Å². The zero-order valence-corrected chi connectivity index (χ0v) is 11.4. The van der Waals surface area contributed by atoms with Crippen molar-refractivity contribution in [3.63, 3.8) is 0 Å². The van der Waals surface area contributed by atoms with E-state index in [1.54, 1.807) is 0 Å². The van der Waals surface area contributed by atoms with Crippen LogP contribution in [0.5, 0.6) is 0 Å². The van der Waals surface area contributed by atoms with Crippen LogP contribution in [-0.4, -0.2) is 16.2 Å². The van der Waals surface area contributed by atoms with Crippen LogP contribution >= 0.6 is 0 Å². The number of rotatable bonds is 3. The zero-order valence-electron chi connectivity index (χ0n) is 11.4. The lowest BCUT2D eigenvalue weighted by atomic mass is 9.93. The molecule has 2 nitrogen and oxygen atoms in total. The number of para-hydroxylation sites is 1. The standard InChI is InChI=1S/C17H21NO/c1-12-6-7-14(10-12)17(19)11-13-8-9-18-16-5-3-2-4-15(13)16/h2-5,8-9,12,14,17,19H,6-7,10-11H2,1H3. The van der Waals surface area contributed by atoms with E-state index in [4.69, 9.17) is 0 Å². The quantitative estimate of drug-likeness (QED) is 0.909. The normalized spacial score (nSPS) is 24.7. The molecule has 100 valence electrons. The van der Waals surface area contributed by atoms with Gasteiger partial charge in [-0.25, -0.2) is 0 Å². The predicted molar refractivity (Wildman–Crippen MR) is 78.0 cm³/mol. The first-order valence-corrected chi connectivity index (χ1v) is 7.24. The van der Waals surface area contributed by atoms with Crippen molar-refractivity contribution in [1.29, 1.82) is 0 Å². The molecule has 2 heteroatoms. The largest absolute Gasteiger partial charge is 0.392 e. The van der Waals surface area contributed by atoms with Gasteiger partial charge in [0.1, 0.15) is 0 Å². The molecule has 0 radical (unpaired) electrons. The maximum atomic E-state index is 10.5. The highest BCUT2D eigenvalue weighted by Crippen LogP contribution is 2.34. The van der Waals surface area contributed by atoms with Crippen molar-refractivity contribution in [2.45, 2.75) is 38.7 Å². The first-order chi connectivity index (χ1) is 9.24. The van der Waals surface area contributed by atoms with Crippen molar-refractivity contribution in [3.05, 3.63) is 42.1 Å². The summed E-state index contributed by atoms with van der Waals surface area (Å²) < 4.78 is 0. The van der Waals surface area contributed by atoms with Crippen molar-refractivity contribution in [3.8, 4) is 0 Å². The predicted octanol–water partition coefficient (Wildman–Crippen LogP) is 3.57. The number of hydrogen-bond acceptors (Lipinski definition) is 2. The van der Waals surface area contributed by atoms with Gasteiger partial charge in [0.05, 0.1) is 11.6 Å². The Labute approximate surface area is 114 Å². The molecule has 1 N–H and O–H groups in total. The second-order valence-electron chi connectivity index (χ2n) is 5.94. The van der Waals surface area contributed by atoms with Crippen LogP contribution in [0.3, 0.4) is 0 Å². The third kappa shape index (κ3) is 2.64. The molecular weight excluding hydrogens is 234 g/mol. The highest BCUT2D eigenvalue weighted by atomic mass is 16.3. The first kappa shape index (κ1) is 12.6. The second kappa shape index (κ2) is 5.30. The Hall–Kier alpha value is -1.41. The van der Waals surface area contributed by atoms with Gasteiger partial charge in [0.15, 0.2) is 0 Å². The summed E-state index contributed by atoms with van der Waals surface area (Å²) >= 11 is 0. The van der Waals surface area contributed by atoms with Gasteiger partial charge in [-0.2, -0.15) is 0 Å². The Morgan fingerprint density at radius 2 is 2.11 bits per heavy atom. The van der Waals surface area contributed by atoms with Gasteiger partial charge >= 0.3 is 0 Å². The van der Waals surface area contributed by atoms with Gasteiger partial charge in [0.2, 0.25) is 0 Å². The van der Waals surface area contributed by atoms with Gasteiger partial charge in [0, 0.05) is 11.6 Å². The number of aromatic nitrogens is 1. The van der Waals surface area contributed by atoms with Crippen LogP contribution in [0, 0.1) is 11.8 Å². The number of pyridine rings is 1. The monoisotopic (exact) mass is 255 g/mol. The van der Waals surface area contributed by atoms with Gasteiger partial charge in [-0.1, -0.05) is 31.5 Å². The molecule has 0 aliphatic heterocycles. The molecule has 19 heavy (non-hydrogen) atoms. The minimum atomic E-state index is -0.212. The smallest absolute Gasteiger partial charge is 0.0704 e. The molecule has 0 saturated heterocycles. The molecule has 3 atom stereocenters. The summed E-state index contributed by atoms with van der Waals surface area (Å²) in [6.07, 6.45) is 5.99. The van der Waals surface area contributed by atoms with Gasteiger partial charge in [0.25, 0.3) is 0 Å². The summed E-state index contributed by atoms with van der Waals surface area (Å²) in [5, 5.41) is 11.6. The van der Waals surface area contributed by atoms with Crippen LogP contribution in [0.15, 0.2) is 36.5 Å². The minimum Gasteiger partial charge on any atom is -0.392 e. The number of hydrogen-bond donors (Lipinski definition) is 1. The fourth-order valence-corrected chi connectivity index (χ4v) is 3.33. The van der Waals surface area contributed by atoms with Gasteiger partial charge in [-0.05, 0) is 48.8 Å². The molecule has 1 fully saturated rings. The summed E-state index contributed by atoms with van der Waals surface area (Å²) in [5.41, 5.74) is 2.24.